The number of nitrogens with zero attached hydrogens (tertiary/aromatic N) is 1. The summed E-state index contributed by atoms with van der Waals surface area (Å²) < 4.78 is 0. The molecule has 2 heterocycles. The Morgan fingerprint density at radius 1 is 1.24 bits per heavy atom. The molecule has 0 spiro atoms. The third-order valence-electron chi connectivity index (χ3n) is 4.74. The van der Waals surface area contributed by atoms with Gasteiger partial charge in [0, 0.05) is 25.0 Å². The van der Waals surface area contributed by atoms with Crippen molar-refractivity contribution in [1.29, 1.82) is 0 Å². The molecule has 2 N–H and O–H groups in total. The number of rotatable bonds is 3. The summed E-state index contributed by atoms with van der Waals surface area (Å²) in [6, 6.07) is 0.219. The van der Waals surface area contributed by atoms with Crippen molar-refractivity contribution in [2.45, 2.75) is 64.5 Å². The van der Waals surface area contributed by atoms with Gasteiger partial charge in [-0.1, -0.05) is 13.8 Å². The van der Waals surface area contributed by atoms with Gasteiger partial charge in [0.15, 0.2) is 0 Å². The zero-order valence-corrected chi connectivity index (χ0v) is 13.6. The molecule has 21 heavy (non-hydrogen) atoms. The van der Waals surface area contributed by atoms with Crippen LogP contribution in [0.2, 0.25) is 0 Å². The lowest BCUT2D eigenvalue weighted by Crippen LogP contribution is -2.60. The summed E-state index contributed by atoms with van der Waals surface area (Å²) in [6.45, 7) is 8.27. The Balaban J connectivity index is 1.83. The second-order valence-corrected chi connectivity index (χ2v) is 6.95. The summed E-state index contributed by atoms with van der Waals surface area (Å²) >= 11 is 0. The van der Waals surface area contributed by atoms with Crippen LogP contribution in [0.4, 0.5) is 0 Å². The van der Waals surface area contributed by atoms with Gasteiger partial charge in [0.05, 0.1) is 5.54 Å². The normalized spacial score (nSPS) is 27.7. The summed E-state index contributed by atoms with van der Waals surface area (Å²) in [5, 5.41) is 6.46. The van der Waals surface area contributed by atoms with E-state index in [1.54, 1.807) is 0 Å². The summed E-state index contributed by atoms with van der Waals surface area (Å²) in [5.74, 6) is 0.367. The van der Waals surface area contributed by atoms with E-state index >= 15 is 0 Å². The van der Waals surface area contributed by atoms with Crippen LogP contribution in [0.15, 0.2) is 0 Å². The van der Waals surface area contributed by atoms with Crippen molar-refractivity contribution >= 4 is 11.8 Å². The average molecular weight is 295 g/mol. The smallest absolute Gasteiger partial charge is 0.242 e. The quantitative estimate of drug-likeness (QED) is 0.824. The van der Waals surface area contributed by atoms with Crippen LogP contribution in [0.1, 0.15) is 52.9 Å². The van der Waals surface area contributed by atoms with E-state index in [1.807, 2.05) is 25.7 Å². The fourth-order valence-electron chi connectivity index (χ4n) is 3.18. The van der Waals surface area contributed by atoms with Gasteiger partial charge in [0.1, 0.15) is 0 Å². The van der Waals surface area contributed by atoms with Crippen molar-refractivity contribution in [1.82, 2.24) is 15.5 Å². The number of likely N-dealkylation sites (tertiary alicyclic amines) is 1. The minimum absolute atomic E-state index is 0.0232. The van der Waals surface area contributed by atoms with Crippen LogP contribution in [0, 0.1) is 5.92 Å². The first-order chi connectivity index (χ1) is 9.92. The van der Waals surface area contributed by atoms with Crippen molar-refractivity contribution in [2.75, 3.05) is 19.6 Å². The second kappa shape index (κ2) is 6.77. The number of amides is 2. The standard InChI is InChI=1S/C16H29N3O2/c1-12(2)14(20)18-13-6-10-19(11-7-13)15(21)16(3)8-4-5-9-17-16/h12-13,17H,4-11H2,1-3H3,(H,18,20). The van der Waals surface area contributed by atoms with Crippen molar-refractivity contribution in [3.05, 3.63) is 0 Å². The van der Waals surface area contributed by atoms with Crippen LogP contribution in [0.3, 0.4) is 0 Å². The minimum atomic E-state index is -0.383. The summed E-state index contributed by atoms with van der Waals surface area (Å²) in [6.07, 6.45) is 4.93. The van der Waals surface area contributed by atoms with Crippen LogP contribution in [-0.2, 0) is 9.59 Å². The van der Waals surface area contributed by atoms with E-state index in [0.717, 1.165) is 51.7 Å². The number of hydrogen-bond acceptors (Lipinski definition) is 3. The molecule has 0 aromatic carbocycles. The molecule has 5 nitrogen and oxygen atoms in total. The van der Waals surface area contributed by atoms with Crippen LogP contribution in [0.25, 0.3) is 0 Å². The Hall–Kier alpha value is -1.10. The molecule has 2 fully saturated rings. The van der Waals surface area contributed by atoms with E-state index in [4.69, 9.17) is 0 Å². The van der Waals surface area contributed by atoms with Crippen molar-refractivity contribution in [2.24, 2.45) is 5.92 Å². The molecule has 0 saturated carbocycles. The molecule has 0 bridgehead atoms. The van der Waals surface area contributed by atoms with E-state index in [1.165, 1.54) is 0 Å². The molecule has 2 aliphatic rings. The lowest BCUT2D eigenvalue weighted by atomic mass is 9.88. The van der Waals surface area contributed by atoms with E-state index in [2.05, 4.69) is 10.6 Å². The Morgan fingerprint density at radius 2 is 1.90 bits per heavy atom. The maximum Gasteiger partial charge on any atom is 0.242 e. The first-order valence-electron chi connectivity index (χ1n) is 8.27. The van der Waals surface area contributed by atoms with Gasteiger partial charge in [-0.2, -0.15) is 0 Å². The summed E-state index contributed by atoms with van der Waals surface area (Å²) in [5.41, 5.74) is -0.383. The van der Waals surface area contributed by atoms with Gasteiger partial charge >= 0.3 is 0 Å². The van der Waals surface area contributed by atoms with Crippen LogP contribution < -0.4 is 10.6 Å². The number of nitrogens with one attached hydrogen (secondary N) is 2. The lowest BCUT2D eigenvalue weighted by molar-refractivity contribution is -0.140. The molecule has 1 atom stereocenters. The molecular weight excluding hydrogens is 266 g/mol. The van der Waals surface area contributed by atoms with Gasteiger partial charge < -0.3 is 15.5 Å². The molecule has 0 aromatic heterocycles. The second-order valence-electron chi connectivity index (χ2n) is 6.95. The molecule has 2 amide bonds. The lowest BCUT2D eigenvalue weighted by Gasteiger charge is -2.41. The van der Waals surface area contributed by atoms with Crippen LogP contribution in [0.5, 0.6) is 0 Å². The van der Waals surface area contributed by atoms with Gasteiger partial charge in [0.2, 0.25) is 11.8 Å². The molecule has 0 aromatic rings. The molecule has 2 aliphatic heterocycles. The highest BCUT2D eigenvalue weighted by atomic mass is 16.2. The summed E-state index contributed by atoms with van der Waals surface area (Å²) in [7, 11) is 0. The molecule has 1 unspecified atom stereocenters. The molecule has 2 rings (SSSR count). The van der Waals surface area contributed by atoms with Gasteiger partial charge in [-0.25, -0.2) is 0 Å². The van der Waals surface area contributed by atoms with Crippen molar-refractivity contribution in [3.63, 3.8) is 0 Å². The average Bonchev–Trinajstić information content (AvgIpc) is 2.48. The Kier molecular flexibility index (Phi) is 5.25. The summed E-state index contributed by atoms with van der Waals surface area (Å²) in [4.78, 5) is 26.4. The Morgan fingerprint density at radius 3 is 2.43 bits per heavy atom. The highest BCUT2D eigenvalue weighted by molar-refractivity contribution is 5.86. The van der Waals surface area contributed by atoms with E-state index < -0.39 is 0 Å². The monoisotopic (exact) mass is 295 g/mol. The molecule has 2 saturated heterocycles. The minimum Gasteiger partial charge on any atom is -0.353 e. The van der Waals surface area contributed by atoms with Gasteiger partial charge in [0.25, 0.3) is 0 Å². The van der Waals surface area contributed by atoms with Crippen molar-refractivity contribution in [3.8, 4) is 0 Å². The zero-order valence-electron chi connectivity index (χ0n) is 13.6. The zero-order chi connectivity index (χ0) is 15.5. The Bertz CT molecular complexity index is 381. The maximum absolute atomic E-state index is 12.7. The molecule has 0 aliphatic carbocycles. The number of hydrogen-bond donors (Lipinski definition) is 2. The predicted octanol–water partition coefficient (Wildman–Crippen LogP) is 1.28. The molecular formula is C16H29N3O2. The number of carbonyl (C=O) groups excluding carboxylic acids is 2. The van der Waals surface area contributed by atoms with E-state index in [-0.39, 0.29) is 29.3 Å². The first-order valence-corrected chi connectivity index (χ1v) is 8.27. The molecule has 0 radical (unpaired) electrons. The van der Waals surface area contributed by atoms with E-state index in [0.29, 0.717) is 0 Å². The Labute approximate surface area is 127 Å². The highest BCUT2D eigenvalue weighted by Gasteiger charge is 2.38. The fraction of sp³-hybridized carbons (Fsp3) is 0.875. The number of piperidine rings is 2. The predicted molar refractivity (Wildman–Crippen MR) is 82.8 cm³/mol. The van der Waals surface area contributed by atoms with Gasteiger partial charge in [-0.15, -0.1) is 0 Å². The topological polar surface area (TPSA) is 61.4 Å². The van der Waals surface area contributed by atoms with E-state index in [9.17, 15) is 9.59 Å². The third kappa shape index (κ3) is 3.96. The van der Waals surface area contributed by atoms with Gasteiger partial charge in [-0.3, -0.25) is 9.59 Å². The largest absolute Gasteiger partial charge is 0.353 e. The third-order valence-corrected chi connectivity index (χ3v) is 4.74. The first kappa shape index (κ1) is 16.3. The highest BCUT2D eigenvalue weighted by Crippen LogP contribution is 2.23. The van der Waals surface area contributed by atoms with Crippen LogP contribution in [-0.4, -0.2) is 47.9 Å². The van der Waals surface area contributed by atoms with Gasteiger partial charge in [-0.05, 0) is 45.6 Å². The van der Waals surface area contributed by atoms with Crippen LogP contribution >= 0.6 is 0 Å². The fourth-order valence-corrected chi connectivity index (χ4v) is 3.18. The molecule has 120 valence electrons. The SMILES string of the molecule is CC(C)C(=O)NC1CCN(C(=O)C2(C)CCCCN2)CC1. The number of carbonyl (C=O) groups is 2. The molecule has 5 heteroatoms. The maximum atomic E-state index is 12.7. The van der Waals surface area contributed by atoms with Crippen molar-refractivity contribution < 1.29 is 9.59 Å².